The highest BCUT2D eigenvalue weighted by Gasteiger charge is 2.77. The average molecular weight is 867 g/mol. The fraction of sp³-hybridized carbons (Fsp3) is 0.935. The summed E-state index contributed by atoms with van der Waals surface area (Å²) in [5, 5.41) is 112. The summed E-state index contributed by atoms with van der Waals surface area (Å²) < 4.78 is 26.0. The molecule has 0 amide bonds. The van der Waals surface area contributed by atoms with Crippen molar-refractivity contribution < 1.29 is 74.8 Å². The highest BCUT2D eigenvalue weighted by molar-refractivity contribution is 5.76. The zero-order chi connectivity index (χ0) is 44.8. The second kappa shape index (κ2) is 15.1. The molecule has 0 aromatic carbocycles. The van der Waals surface area contributed by atoms with E-state index in [4.69, 9.17) is 18.9 Å². The predicted molar refractivity (Wildman–Crippen MR) is 217 cm³/mol. The molecular formula is C46H74O15. The molecule has 0 spiro atoms. The average Bonchev–Trinajstić information content (AvgIpc) is 3.18. The Kier molecular flexibility index (Phi) is 11.5. The lowest BCUT2D eigenvalue weighted by Gasteiger charge is -2.75. The maximum absolute atomic E-state index is 13.3. The van der Waals surface area contributed by atoms with Crippen molar-refractivity contribution in [2.75, 3.05) is 13.2 Å². The zero-order valence-electron chi connectivity index (χ0n) is 37.2. The Hall–Kier alpha value is -1.31. The number of aliphatic hydroxyl groups excluding tert-OH is 9. The van der Waals surface area contributed by atoms with Crippen LogP contribution >= 0.6 is 0 Å². The number of allylic oxidation sites excluding steroid dienone is 2. The number of hydrogen-bond donors (Lipinski definition) is 10. The molecule has 3 heterocycles. The largest absolute Gasteiger partial charge is 0.481 e. The number of ether oxygens (including phenoxy) is 4. The van der Waals surface area contributed by atoms with Crippen molar-refractivity contribution >= 4 is 5.97 Å². The topological polar surface area (TPSA) is 256 Å². The van der Waals surface area contributed by atoms with E-state index in [1.54, 1.807) is 6.92 Å². The third-order valence-electron chi connectivity index (χ3n) is 19.4. The monoisotopic (exact) mass is 867 g/mol. The van der Waals surface area contributed by atoms with Crippen LogP contribution in [-0.4, -0.2) is 155 Å². The Morgan fingerprint density at radius 2 is 1.33 bits per heavy atom. The van der Waals surface area contributed by atoms with Gasteiger partial charge >= 0.3 is 5.97 Å². The standard InChI is InChI=1S/C46H74O15/c1-21-29(49)32(52)34(54)37(60-21)46(61-38-35(55)31(51)26(48)20-59-38)24(36-33(53)30(50)25(47)19-58-36)18-42(6)27(41(46,4)5)11-12-44(8)28(42)10-9-22-23-17-40(2,3)13-15-45(23,39(56)57)16-14-43(22,44)7/h9,21,23-38,47-55H,10-20H2,1-8H3,(H,56,57)/t21-,23-,24?,25-,26+,27-,28+,29-,30-,31-,32+,33+,34+,35+,36-,37+,38-,42-,43+,44+,45-,46+/m0/s1. The number of rotatable bonds is 5. The second-order valence-corrected chi connectivity index (χ2v) is 23.0. The lowest BCUT2D eigenvalue weighted by molar-refractivity contribution is -0.404. The van der Waals surface area contributed by atoms with Crippen LogP contribution in [0.4, 0.5) is 0 Å². The first-order valence-corrected chi connectivity index (χ1v) is 22.9. The maximum atomic E-state index is 13.3. The first-order chi connectivity index (χ1) is 28.3. The van der Waals surface area contributed by atoms with E-state index in [1.807, 2.05) is 13.8 Å². The van der Waals surface area contributed by atoms with Gasteiger partial charge in [0.2, 0.25) is 0 Å². The Morgan fingerprint density at radius 3 is 1.98 bits per heavy atom. The van der Waals surface area contributed by atoms with Gasteiger partial charge in [0.25, 0.3) is 0 Å². The number of hydrogen-bond acceptors (Lipinski definition) is 14. The van der Waals surface area contributed by atoms with E-state index in [-0.39, 0.29) is 47.0 Å². The van der Waals surface area contributed by atoms with Crippen molar-refractivity contribution in [3.05, 3.63) is 11.6 Å². The van der Waals surface area contributed by atoms with E-state index in [0.717, 1.165) is 25.7 Å². The van der Waals surface area contributed by atoms with Crippen LogP contribution in [0.5, 0.6) is 0 Å². The number of carboxylic acid groups (broad SMARTS) is 1. The van der Waals surface area contributed by atoms with Crippen molar-refractivity contribution in [1.29, 1.82) is 0 Å². The molecule has 10 N–H and O–H groups in total. The van der Waals surface area contributed by atoms with Crippen LogP contribution in [0.3, 0.4) is 0 Å². The van der Waals surface area contributed by atoms with Crippen LogP contribution in [0, 0.1) is 56.2 Å². The molecule has 348 valence electrons. The van der Waals surface area contributed by atoms with Gasteiger partial charge in [0, 0.05) is 11.3 Å². The van der Waals surface area contributed by atoms with Crippen molar-refractivity contribution in [2.24, 2.45) is 56.2 Å². The number of carboxylic acids is 1. The number of carbonyl (C=O) groups is 1. The van der Waals surface area contributed by atoms with E-state index in [1.165, 1.54) is 5.57 Å². The van der Waals surface area contributed by atoms with Gasteiger partial charge in [-0.25, -0.2) is 0 Å². The lowest BCUT2D eigenvalue weighted by Crippen LogP contribution is -2.80. The summed E-state index contributed by atoms with van der Waals surface area (Å²) in [5.41, 5.74) is -3.85. The summed E-state index contributed by atoms with van der Waals surface area (Å²) in [6.45, 7) is 16.2. The van der Waals surface area contributed by atoms with Crippen LogP contribution < -0.4 is 0 Å². The van der Waals surface area contributed by atoms with E-state index in [2.05, 4.69) is 40.7 Å². The number of fused-ring (bicyclic) bond motifs is 7. The molecule has 0 radical (unpaired) electrons. The smallest absolute Gasteiger partial charge is 0.310 e. The molecule has 5 aliphatic carbocycles. The van der Waals surface area contributed by atoms with Gasteiger partial charge in [-0.05, 0) is 104 Å². The summed E-state index contributed by atoms with van der Waals surface area (Å²) in [6, 6.07) is 0. The minimum absolute atomic E-state index is 0.00512. The molecule has 0 aromatic rings. The van der Waals surface area contributed by atoms with E-state index < -0.39 is 120 Å². The van der Waals surface area contributed by atoms with Gasteiger partial charge in [0.15, 0.2) is 6.29 Å². The third-order valence-corrected chi connectivity index (χ3v) is 19.4. The molecule has 0 bridgehead atoms. The molecular weight excluding hydrogens is 792 g/mol. The van der Waals surface area contributed by atoms with Gasteiger partial charge in [0.1, 0.15) is 66.6 Å². The first-order valence-electron chi connectivity index (χ1n) is 22.9. The van der Waals surface area contributed by atoms with Gasteiger partial charge in [-0.2, -0.15) is 0 Å². The Morgan fingerprint density at radius 1 is 0.705 bits per heavy atom. The quantitative estimate of drug-likeness (QED) is 0.139. The second-order valence-electron chi connectivity index (χ2n) is 23.0. The summed E-state index contributed by atoms with van der Waals surface area (Å²) in [7, 11) is 0. The minimum atomic E-state index is -1.87. The molecule has 1 unspecified atom stereocenters. The molecule has 15 nitrogen and oxygen atoms in total. The molecule has 3 aliphatic heterocycles. The molecule has 0 aromatic heterocycles. The predicted octanol–water partition coefficient (Wildman–Crippen LogP) is 1.64. The van der Waals surface area contributed by atoms with Gasteiger partial charge in [-0.1, -0.05) is 60.1 Å². The van der Waals surface area contributed by atoms with E-state index in [0.29, 0.717) is 25.7 Å². The van der Waals surface area contributed by atoms with E-state index in [9.17, 15) is 55.9 Å². The van der Waals surface area contributed by atoms with Crippen LogP contribution in [0.15, 0.2) is 11.6 Å². The van der Waals surface area contributed by atoms with Crippen molar-refractivity contribution in [3.8, 4) is 0 Å². The summed E-state index contributed by atoms with van der Waals surface area (Å²) in [5.74, 6) is -2.09. The molecule has 7 fully saturated rings. The van der Waals surface area contributed by atoms with Crippen LogP contribution in [0.2, 0.25) is 0 Å². The van der Waals surface area contributed by atoms with Gasteiger partial charge < -0.3 is 70.0 Å². The maximum Gasteiger partial charge on any atom is 0.310 e. The summed E-state index contributed by atoms with van der Waals surface area (Å²) in [6.07, 6.45) is -11.7. The highest BCUT2D eigenvalue weighted by atomic mass is 16.7. The molecule has 8 rings (SSSR count). The van der Waals surface area contributed by atoms with Crippen LogP contribution in [0.25, 0.3) is 0 Å². The van der Waals surface area contributed by atoms with Crippen LogP contribution in [-0.2, 0) is 23.7 Å². The summed E-state index contributed by atoms with van der Waals surface area (Å²) in [4.78, 5) is 13.3. The Labute approximate surface area is 359 Å². The fourth-order valence-corrected chi connectivity index (χ4v) is 15.7. The molecule has 3 saturated heterocycles. The van der Waals surface area contributed by atoms with E-state index >= 15 is 0 Å². The van der Waals surface area contributed by atoms with Crippen molar-refractivity contribution in [3.63, 3.8) is 0 Å². The van der Waals surface area contributed by atoms with Gasteiger partial charge in [-0.3, -0.25) is 4.79 Å². The minimum Gasteiger partial charge on any atom is -0.481 e. The number of aliphatic carboxylic acids is 1. The fourth-order valence-electron chi connectivity index (χ4n) is 15.7. The third kappa shape index (κ3) is 6.32. The number of aliphatic hydroxyl groups is 9. The van der Waals surface area contributed by atoms with Crippen LogP contribution in [0.1, 0.15) is 113 Å². The van der Waals surface area contributed by atoms with Gasteiger partial charge in [-0.15, -0.1) is 0 Å². The Balaban J connectivity index is 1.30. The highest BCUT2D eigenvalue weighted by Crippen LogP contribution is 2.78. The normalized spacial score (nSPS) is 56.7. The lowest BCUT2D eigenvalue weighted by atomic mass is 9.31. The SMILES string of the molecule is C[C@@H]1O[C@@H]([C@]2(O[C@@H]3OC[C@@H](O)[C@H](O)[C@H]3O)C([C@@H]3OC[C@H](O)[C@H](O)[C@H]3O)C[C@]3(C)[C@H]4CC=C5[C@@H]6CC(C)(C)CC[C@]6(C(=O)O)CC[C@@]5(C)[C@]4(C)CC[C@H]3C2(C)C)[C@H](O)[C@H](O)[C@H]1O. The van der Waals surface area contributed by atoms with Crippen molar-refractivity contribution in [2.45, 2.75) is 198 Å². The molecule has 4 saturated carbocycles. The molecule has 22 atom stereocenters. The molecule has 15 heteroatoms. The Bertz CT molecular complexity index is 1720. The molecule has 8 aliphatic rings. The summed E-state index contributed by atoms with van der Waals surface area (Å²) >= 11 is 0. The zero-order valence-corrected chi connectivity index (χ0v) is 37.2. The van der Waals surface area contributed by atoms with Crippen molar-refractivity contribution in [1.82, 2.24) is 0 Å². The van der Waals surface area contributed by atoms with Gasteiger partial charge in [0.05, 0.1) is 30.8 Å². The molecule has 61 heavy (non-hydrogen) atoms. The first kappa shape index (κ1) is 46.2.